The van der Waals surface area contributed by atoms with E-state index in [-0.39, 0.29) is 6.10 Å². The molecular formula is C30H58O3Si3. The Bertz CT molecular complexity index is 838. The Kier molecular flexibility index (Phi) is 7.90. The Morgan fingerprint density at radius 1 is 0.833 bits per heavy atom. The van der Waals surface area contributed by atoms with Crippen LogP contribution in [-0.4, -0.2) is 43.3 Å². The monoisotopic (exact) mass is 550 g/mol. The van der Waals surface area contributed by atoms with Crippen molar-refractivity contribution in [3.8, 4) is 0 Å². The van der Waals surface area contributed by atoms with Crippen LogP contribution in [0.15, 0.2) is 11.6 Å². The topological polar surface area (TPSA) is 27.7 Å². The van der Waals surface area contributed by atoms with Crippen LogP contribution in [0.5, 0.6) is 0 Å². The number of hydrogen-bond donors (Lipinski definition) is 0. The molecule has 6 heteroatoms. The van der Waals surface area contributed by atoms with Crippen molar-refractivity contribution in [3.05, 3.63) is 11.6 Å². The van der Waals surface area contributed by atoms with E-state index in [1.54, 1.807) is 5.57 Å². The van der Waals surface area contributed by atoms with Crippen LogP contribution < -0.4 is 0 Å². The molecule has 3 fully saturated rings. The fourth-order valence-corrected chi connectivity index (χ4v) is 12.9. The van der Waals surface area contributed by atoms with Gasteiger partial charge < -0.3 is 13.3 Å². The van der Waals surface area contributed by atoms with Crippen LogP contribution in [0.25, 0.3) is 0 Å². The van der Waals surface area contributed by atoms with E-state index in [1.807, 2.05) is 0 Å². The summed E-state index contributed by atoms with van der Waals surface area (Å²) in [4.78, 5) is 0. The Hall–Kier alpha value is 0.271. The van der Waals surface area contributed by atoms with Crippen molar-refractivity contribution in [2.24, 2.45) is 34.5 Å². The van der Waals surface area contributed by atoms with E-state index in [4.69, 9.17) is 13.3 Å². The molecule has 0 bridgehead atoms. The third-order valence-electron chi connectivity index (χ3n) is 10.2. The second-order valence-corrected chi connectivity index (χ2v) is 29.7. The van der Waals surface area contributed by atoms with Crippen LogP contribution in [0.2, 0.25) is 58.9 Å². The molecule has 3 unspecified atom stereocenters. The number of hydrogen-bond acceptors (Lipinski definition) is 3. The van der Waals surface area contributed by atoms with Crippen molar-refractivity contribution in [2.45, 2.75) is 143 Å². The first-order valence-corrected chi connectivity index (χ1v) is 25.3. The summed E-state index contributed by atoms with van der Waals surface area (Å²) in [7, 11) is -4.77. The zero-order chi connectivity index (χ0) is 26.9. The van der Waals surface area contributed by atoms with Crippen molar-refractivity contribution < 1.29 is 13.3 Å². The second-order valence-electron chi connectivity index (χ2n) is 16.4. The van der Waals surface area contributed by atoms with Gasteiger partial charge in [-0.3, -0.25) is 0 Å². The Morgan fingerprint density at radius 2 is 1.47 bits per heavy atom. The molecule has 3 nitrogen and oxygen atoms in total. The molecule has 4 aliphatic rings. The van der Waals surface area contributed by atoms with Crippen molar-refractivity contribution >= 4 is 25.0 Å². The SMILES string of the molecule is C[C@H](O[Si](C)(C)C)[C@H]1[C@H](O[Si](C)(C)C)CC2C3CC=C4C[C@@H](O[Si](C)(C)C)CC[C@]4(C)C3CC[C@@]21C. The van der Waals surface area contributed by atoms with Gasteiger partial charge in [-0.25, -0.2) is 0 Å². The highest BCUT2D eigenvalue weighted by Gasteiger charge is 2.63. The summed E-state index contributed by atoms with van der Waals surface area (Å²) in [6.07, 6.45) is 12.7. The molecule has 208 valence electrons. The van der Waals surface area contributed by atoms with Crippen molar-refractivity contribution in [3.63, 3.8) is 0 Å². The van der Waals surface area contributed by atoms with Crippen LogP contribution in [0.4, 0.5) is 0 Å². The molecule has 3 saturated carbocycles. The molecule has 9 atom stereocenters. The predicted molar refractivity (Wildman–Crippen MR) is 161 cm³/mol. The first-order chi connectivity index (χ1) is 16.3. The van der Waals surface area contributed by atoms with E-state index in [0.717, 1.165) is 17.8 Å². The zero-order valence-corrected chi connectivity index (χ0v) is 28.8. The van der Waals surface area contributed by atoms with Crippen molar-refractivity contribution in [1.82, 2.24) is 0 Å². The molecule has 0 aromatic carbocycles. The first kappa shape index (κ1) is 29.3. The minimum Gasteiger partial charge on any atom is -0.415 e. The summed E-state index contributed by atoms with van der Waals surface area (Å²) in [6.45, 7) is 28.8. The van der Waals surface area contributed by atoms with Gasteiger partial charge >= 0.3 is 0 Å². The zero-order valence-electron chi connectivity index (χ0n) is 25.8. The van der Waals surface area contributed by atoms with Gasteiger partial charge in [0.1, 0.15) is 0 Å². The number of rotatable bonds is 7. The van der Waals surface area contributed by atoms with Gasteiger partial charge in [-0.15, -0.1) is 0 Å². The third-order valence-corrected chi connectivity index (χ3v) is 13.3. The van der Waals surface area contributed by atoms with E-state index in [0.29, 0.717) is 29.0 Å². The van der Waals surface area contributed by atoms with Gasteiger partial charge in [-0.1, -0.05) is 25.5 Å². The second kappa shape index (κ2) is 9.72. The molecule has 36 heavy (non-hydrogen) atoms. The molecule has 0 heterocycles. The van der Waals surface area contributed by atoms with Crippen LogP contribution in [0, 0.1) is 34.5 Å². The maximum atomic E-state index is 7.02. The molecule has 0 radical (unpaired) electrons. The summed E-state index contributed by atoms with van der Waals surface area (Å²) in [5.74, 6) is 2.88. The minimum absolute atomic E-state index is 0.281. The molecule has 0 saturated heterocycles. The highest BCUT2D eigenvalue weighted by Crippen LogP contribution is 2.67. The van der Waals surface area contributed by atoms with Gasteiger partial charge in [0.15, 0.2) is 25.0 Å². The van der Waals surface area contributed by atoms with Crippen LogP contribution in [0.3, 0.4) is 0 Å². The Morgan fingerprint density at radius 3 is 2.06 bits per heavy atom. The quantitative estimate of drug-likeness (QED) is 0.234. The fourth-order valence-electron chi connectivity index (χ4n) is 9.30. The molecule has 4 rings (SSSR count). The third kappa shape index (κ3) is 5.89. The van der Waals surface area contributed by atoms with Crippen LogP contribution >= 0.6 is 0 Å². The molecule has 0 N–H and O–H groups in total. The van der Waals surface area contributed by atoms with E-state index in [9.17, 15) is 0 Å². The lowest BCUT2D eigenvalue weighted by Crippen LogP contribution is -2.53. The van der Waals surface area contributed by atoms with E-state index in [2.05, 4.69) is 85.8 Å². The van der Waals surface area contributed by atoms with Gasteiger partial charge in [0.05, 0.1) is 6.10 Å². The van der Waals surface area contributed by atoms with Gasteiger partial charge in [-0.05, 0) is 139 Å². The van der Waals surface area contributed by atoms with Gasteiger partial charge in [-0.2, -0.15) is 0 Å². The first-order valence-electron chi connectivity index (χ1n) is 15.1. The Labute approximate surface area is 226 Å². The van der Waals surface area contributed by atoms with Gasteiger partial charge in [0, 0.05) is 18.1 Å². The van der Waals surface area contributed by atoms with Crippen LogP contribution in [-0.2, 0) is 13.3 Å². The minimum atomic E-state index is -1.65. The lowest BCUT2D eigenvalue weighted by molar-refractivity contribution is -0.0711. The molecule has 0 aromatic rings. The van der Waals surface area contributed by atoms with Crippen molar-refractivity contribution in [2.75, 3.05) is 0 Å². The molecule has 0 aliphatic heterocycles. The largest absolute Gasteiger partial charge is 0.415 e. The average Bonchev–Trinajstić information content (AvgIpc) is 2.96. The van der Waals surface area contributed by atoms with E-state index < -0.39 is 25.0 Å². The number of allylic oxidation sites excluding steroid dienone is 1. The molecular weight excluding hydrogens is 493 g/mol. The lowest BCUT2D eigenvalue weighted by Gasteiger charge is -2.58. The smallest absolute Gasteiger partial charge is 0.184 e. The van der Waals surface area contributed by atoms with E-state index >= 15 is 0 Å². The van der Waals surface area contributed by atoms with E-state index in [1.165, 1.54) is 44.9 Å². The van der Waals surface area contributed by atoms with Crippen molar-refractivity contribution in [1.29, 1.82) is 0 Å². The lowest BCUT2D eigenvalue weighted by atomic mass is 9.47. The predicted octanol–water partition coefficient (Wildman–Crippen LogP) is 8.86. The van der Waals surface area contributed by atoms with Gasteiger partial charge in [0.25, 0.3) is 0 Å². The summed E-state index contributed by atoms with van der Waals surface area (Å²) in [5, 5.41) is 0. The number of fused-ring (bicyclic) bond motifs is 5. The molecule has 0 spiro atoms. The average molecular weight is 551 g/mol. The van der Waals surface area contributed by atoms with Gasteiger partial charge in [0.2, 0.25) is 0 Å². The highest BCUT2D eigenvalue weighted by molar-refractivity contribution is 6.70. The summed E-state index contributed by atoms with van der Waals surface area (Å²) in [6, 6.07) is 0. The molecule has 0 amide bonds. The molecule has 0 aromatic heterocycles. The summed E-state index contributed by atoms with van der Waals surface area (Å²) >= 11 is 0. The fraction of sp³-hybridized carbons (Fsp3) is 0.933. The van der Waals surface area contributed by atoms with Crippen LogP contribution in [0.1, 0.15) is 65.7 Å². The Balaban J connectivity index is 1.61. The normalized spacial score (nSPS) is 42.3. The summed E-state index contributed by atoms with van der Waals surface area (Å²) < 4.78 is 20.5. The molecule has 4 aliphatic carbocycles. The standard InChI is InChI=1S/C30H58O3Si3/c1-21(31-34(4,5)6)28-27(33-36(10,11)12)20-26-24-14-13-22-19-23(32-35(7,8)9)15-17-29(22,2)25(24)16-18-30(26,28)3/h13,21,23-28H,14-20H2,1-12H3/t21-,23-,24?,25?,26?,27+,28-,29-,30-/m0/s1. The highest BCUT2D eigenvalue weighted by atomic mass is 28.4. The maximum absolute atomic E-state index is 7.02. The summed E-state index contributed by atoms with van der Waals surface area (Å²) in [5.41, 5.74) is 2.43. The maximum Gasteiger partial charge on any atom is 0.184 e.